The Labute approximate surface area is 168 Å². The molecule has 8 nitrogen and oxygen atoms in total. The van der Waals surface area contributed by atoms with Crippen molar-refractivity contribution in [3.05, 3.63) is 41.7 Å². The van der Waals surface area contributed by atoms with Gasteiger partial charge < -0.3 is 20.0 Å². The number of rotatable bonds is 6. The number of aromatic amines is 1. The van der Waals surface area contributed by atoms with Gasteiger partial charge in [-0.1, -0.05) is 0 Å². The maximum Gasteiger partial charge on any atom is 0.216 e. The van der Waals surface area contributed by atoms with Crippen LogP contribution in [-0.2, 0) is 6.42 Å². The monoisotopic (exact) mass is 399 g/mol. The van der Waals surface area contributed by atoms with Crippen LogP contribution in [0.5, 0.6) is 0 Å². The van der Waals surface area contributed by atoms with Gasteiger partial charge in [-0.25, -0.2) is 4.98 Å². The maximum absolute atomic E-state index is 5.32. The Bertz CT molecular complexity index is 864. The van der Waals surface area contributed by atoms with E-state index in [2.05, 4.69) is 53.2 Å². The van der Waals surface area contributed by atoms with Crippen molar-refractivity contribution in [1.29, 1.82) is 0 Å². The molecule has 1 saturated heterocycles. The number of hydrogen-bond donors (Lipinski definition) is 3. The number of furan rings is 1. The molecular formula is C19H25N7OS. The first-order valence-corrected chi connectivity index (χ1v) is 10.4. The molecule has 3 N–H and O–H groups in total. The van der Waals surface area contributed by atoms with Crippen LogP contribution < -0.4 is 15.5 Å². The van der Waals surface area contributed by atoms with Gasteiger partial charge in [0.2, 0.25) is 5.82 Å². The van der Waals surface area contributed by atoms with E-state index >= 15 is 0 Å². The van der Waals surface area contributed by atoms with E-state index < -0.39 is 0 Å². The highest BCUT2D eigenvalue weighted by atomic mass is 32.1. The molecule has 1 fully saturated rings. The molecule has 1 aliphatic heterocycles. The van der Waals surface area contributed by atoms with Gasteiger partial charge in [0.1, 0.15) is 5.82 Å². The van der Waals surface area contributed by atoms with Crippen LogP contribution in [0.4, 0.5) is 5.00 Å². The van der Waals surface area contributed by atoms with E-state index in [0.29, 0.717) is 17.6 Å². The van der Waals surface area contributed by atoms with Gasteiger partial charge in [0.05, 0.1) is 11.3 Å². The molecule has 0 saturated carbocycles. The van der Waals surface area contributed by atoms with Crippen LogP contribution in [0.25, 0.3) is 11.6 Å². The third-order valence-electron chi connectivity index (χ3n) is 4.80. The number of H-pyrrole nitrogens is 1. The van der Waals surface area contributed by atoms with E-state index in [-0.39, 0.29) is 0 Å². The van der Waals surface area contributed by atoms with Gasteiger partial charge in [0.25, 0.3) is 0 Å². The topological polar surface area (TPSA) is 94.4 Å². The second-order valence-electron chi connectivity index (χ2n) is 6.69. The quantitative estimate of drug-likeness (QED) is 0.436. The molecule has 3 aromatic heterocycles. The minimum atomic E-state index is 0.443. The Balaban J connectivity index is 1.20. The molecule has 0 amide bonds. The summed E-state index contributed by atoms with van der Waals surface area (Å²) in [4.78, 5) is 11.3. The Hall–Kier alpha value is -2.81. The van der Waals surface area contributed by atoms with E-state index in [4.69, 9.17) is 4.42 Å². The minimum absolute atomic E-state index is 0.443. The van der Waals surface area contributed by atoms with Crippen LogP contribution in [0.3, 0.4) is 0 Å². The van der Waals surface area contributed by atoms with Crippen molar-refractivity contribution in [3.63, 3.8) is 0 Å². The molecule has 0 unspecified atom stereocenters. The number of guanidine groups is 1. The Kier molecular flexibility index (Phi) is 5.91. The number of aromatic nitrogens is 3. The lowest BCUT2D eigenvalue weighted by Crippen LogP contribution is -2.49. The second kappa shape index (κ2) is 8.92. The fourth-order valence-corrected chi connectivity index (χ4v) is 4.09. The highest BCUT2D eigenvalue weighted by molar-refractivity contribution is 7.14. The van der Waals surface area contributed by atoms with Gasteiger partial charge in [-0.3, -0.25) is 10.1 Å². The predicted molar refractivity (Wildman–Crippen MR) is 112 cm³/mol. The molecule has 0 aromatic carbocycles. The van der Waals surface area contributed by atoms with E-state index in [1.807, 2.05) is 23.5 Å². The summed E-state index contributed by atoms with van der Waals surface area (Å²) in [5.74, 6) is 2.90. The lowest BCUT2D eigenvalue weighted by molar-refractivity contribution is 0.463. The van der Waals surface area contributed by atoms with Gasteiger partial charge in [0.15, 0.2) is 11.7 Å². The molecule has 28 heavy (non-hydrogen) atoms. The van der Waals surface area contributed by atoms with Crippen molar-refractivity contribution in [2.24, 2.45) is 4.99 Å². The summed E-state index contributed by atoms with van der Waals surface area (Å²) in [6.45, 7) is 2.87. The smallest absolute Gasteiger partial charge is 0.216 e. The third-order valence-corrected chi connectivity index (χ3v) is 5.73. The van der Waals surface area contributed by atoms with Gasteiger partial charge in [0, 0.05) is 39.1 Å². The van der Waals surface area contributed by atoms with Crippen molar-refractivity contribution in [1.82, 2.24) is 25.8 Å². The maximum atomic E-state index is 5.32. The summed E-state index contributed by atoms with van der Waals surface area (Å²) >= 11 is 1.81. The van der Waals surface area contributed by atoms with Crippen molar-refractivity contribution in [2.45, 2.75) is 25.3 Å². The Morgan fingerprint density at radius 2 is 2.25 bits per heavy atom. The van der Waals surface area contributed by atoms with E-state index in [1.165, 1.54) is 5.00 Å². The van der Waals surface area contributed by atoms with Crippen molar-refractivity contribution in [3.8, 4) is 11.6 Å². The molecule has 0 aliphatic carbocycles. The minimum Gasteiger partial charge on any atom is -0.461 e. The summed E-state index contributed by atoms with van der Waals surface area (Å²) < 4.78 is 5.32. The molecule has 0 atom stereocenters. The average molecular weight is 400 g/mol. The fourth-order valence-electron chi connectivity index (χ4n) is 3.30. The number of thiophene rings is 1. The first-order valence-electron chi connectivity index (χ1n) is 9.52. The number of nitrogens with one attached hydrogen (secondary N) is 3. The first kappa shape index (κ1) is 18.5. The molecule has 0 spiro atoms. The van der Waals surface area contributed by atoms with Gasteiger partial charge >= 0.3 is 0 Å². The van der Waals surface area contributed by atoms with E-state index in [1.54, 1.807) is 13.3 Å². The standard InChI is InChI=1S/C19H25N7OS/c1-20-19(22-14-7-10-26(11-8-14)17-5-3-13-28-17)21-9-6-16-23-18(25-24-16)15-4-2-12-27-15/h2-5,12-14H,6-11H2,1H3,(H2,20,21,22)(H,23,24,25). The van der Waals surface area contributed by atoms with Gasteiger partial charge in [-0.2, -0.15) is 5.10 Å². The fraction of sp³-hybridized carbons (Fsp3) is 0.421. The van der Waals surface area contributed by atoms with Crippen LogP contribution in [0, 0.1) is 0 Å². The molecule has 148 valence electrons. The second-order valence-corrected chi connectivity index (χ2v) is 7.62. The number of piperidine rings is 1. The Morgan fingerprint density at radius 3 is 2.96 bits per heavy atom. The van der Waals surface area contributed by atoms with Gasteiger partial charge in [-0.05, 0) is 42.5 Å². The zero-order valence-electron chi connectivity index (χ0n) is 15.9. The summed E-state index contributed by atoms with van der Waals surface area (Å²) in [6.07, 6.45) is 4.55. The zero-order valence-corrected chi connectivity index (χ0v) is 16.7. The number of anilines is 1. The summed E-state index contributed by atoms with van der Waals surface area (Å²) in [7, 11) is 1.81. The normalized spacial score (nSPS) is 15.8. The average Bonchev–Trinajstić information content (AvgIpc) is 3.50. The van der Waals surface area contributed by atoms with Crippen LogP contribution in [-0.4, -0.2) is 53.9 Å². The molecule has 1 aliphatic rings. The van der Waals surface area contributed by atoms with E-state index in [9.17, 15) is 0 Å². The van der Waals surface area contributed by atoms with Crippen molar-refractivity contribution >= 4 is 22.3 Å². The molecule has 4 rings (SSSR count). The summed E-state index contributed by atoms with van der Waals surface area (Å²) in [6, 6.07) is 8.43. The molecule has 9 heteroatoms. The summed E-state index contributed by atoms with van der Waals surface area (Å²) in [5, 5.41) is 17.6. The molecule has 0 bridgehead atoms. The van der Waals surface area contributed by atoms with Crippen molar-refractivity contribution < 1.29 is 4.42 Å². The Morgan fingerprint density at radius 1 is 1.36 bits per heavy atom. The van der Waals surface area contributed by atoms with E-state index in [0.717, 1.165) is 50.7 Å². The first-order chi connectivity index (χ1) is 13.8. The molecule has 3 aromatic rings. The number of hydrogen-bond acceptors (Lipinski definition) is 6. The van der Waals surface area contributed by atoms with Crippen LogP contribution in [0.1, 0.15) is 18.7 Å². The molecule has 0 radical (unpaired) electrons. The molecule has 4 heterocycles. The largest absolute Gasteiger partial charge is 0.461 e. The highest BCUT2D eigenvalue weighted by Crippen LogP contribution is 2.24. The van der Waals surface area contributed by atoms with Crippen molar-refractivity contribution in [2.75, 3.05) is 31.6 Å². The van der Waals surface area contributed by atoms with Crippen LogP contribution in [0.2, 0.25) is 0 Å². The predicted octanol–water partition coefficient (Wildman–Crippen LogP) is 2.50. The molecular weight excluding hydrogens is 374 g/mol. The SMILES string of the molecule is CN=C(NCCc1nc(-c2ccco2)n[nH]1)NC1CCN(c2cccs2)CC1. The number of nitrogens with zero attached hydrogens (tertiary/aromatic N) is 4. The number of aliphatic imine (C=N–C) groups is 1. The van der Waals surface area contributed by atoms with Gasteiger partial charge in [-0.15, -0.1) is 11.3 Å². The third kappa shape index (κ3) is 4.53. The van der Waals surface area contributed by atoms with Crippen LogP contribution in [0.15, 0.2) is 45.3 Å². The van der Waals surface area contributed by atoms with Crippen LogP contribution >= 0.6 is 11.3 Å². The summed E-state index contributed by atoms with van der Waals surface area (Å²) in [5.41, 5.74) is 0. The highest BCUT2D eigenvalue weighted by Gasteiger charge is 2.20. The lowest BCUT2D eigenvalue weighted by atomic mass is 10.1. The lowest BCUT2D eigenvalue weighted by Gasteiger charge is -2.33. The zero-order chi connectivity index (χ0) is 19.2.